The normalized spacial score (nSPS) is 26.3. The minimum atomic E-state index is -1.16. The molecule has 2 saturated heterocycles. The predicted molar refractivity (Wildman–Crippen MR) is 105 cm³/mol. The first-order chi connectivity index (χ1) is 13.9. The first kappa shape index (κ1) is 19.7. The van der Waals surface area contributed by atoms with Crippen LogP contribution < -0.4 is 10.2 Å². The molecule has 1 spiro atoms. The van der Waals surface area contributed by atoms with Gasteiger partial charge in [-0.15, -0.1) is 0 Å². The van der Waals surface area contributed by atoms with Crippen LogP contribution in [0.4, 0.5) is 10.2 Å². The van der Waals surface area contributed by atoms with Crippen molar-refractivity contribution in [3.8, 4) is 0 Å². The molecule has 3 heterocycles. The zero-order valence-corrected chi connectivity index (χ0v) is 16.3. The number of ether oxygens (including phenoxy) is 1. The molecule has 0 unspecified atom stereocenters. The molecule has 7 nitrogen and oxygen atoms in total. The standard InChI is InChI=1S/C21H25FN4O3/c1-20(28)14-21(6-10-26(11-7-21)18-12-23-8-9-24-18)29-13-17(20)25-19(27)15-4-2-3-5-16(15)22/h2-5,8-9,12,17,28H,6-7,10-11,13-14H2,1H3,(H,25,27)/t17-,20-/m0/s1. The van der Waals surface area contributed by atoms with Crippen molar-refractivity contribution in [2.75, 3.05) is 24.6 Å². The number of carbonyl (C=O) groups is 1. The number of hydrogen-bond acceptors (Lipinski definition) is 6. The molecule has 0 radical (unpaired) electrons. The summed E-state index contributed by atoms with van der Waals surface area (Å²) in [7, 11) is 0. The number of hydrogen-bond donors (Lipinski definition) is 2. The van der Waals surface area contributed by atoms with Gasteiger partial charge < -0.3 is 20.1 Å². The van der Waals surface area contributed by atoms with E-state index >= 15 is 0 Å². The third kappa shape index (κ3) is 4.09. The summed E-state index contributed by atoms with van der Waals surface area (Å²) in [5.41, 5.74) is -1.64. The molecular formula is C21H25FN4O3. The number of benzene rings is 1. The van der Waals surface area contributed by atoms with Crippen LogP contribution in [0, 0.1) is 5.82 Å². The van der Waals surface area contributed by atoms with Crippen LogP contribution in [0.5, 0.6) is 0 Å². The Morgan fingerprint density at radius 2 is 2.07 bits per heavy atom. The van der Waals surface area contributed by atoms with Gasteiger partial charge in [0.05, 0.1) is 35.6 Å². The third-order valence-corrected chi connectivity index (χ3v) is 5.96. The van der Waals surface area contributed by atoms with E-state index in [1.54, 1.807) is 31.6 Å². The Hall–Kier alpha value is -2.58. The Kier molecular flexibility index (Phi) is 5.23. The molecule has 4 rings (SSSR count). The smallest absolute Gasteiger partial charge is 0.254 e. The van der Waals surface area contributed by atoms with Crippen molar-refractivity contribution in [2.45, 2.75) is 43.4 Å². The fourth-order valence-electron chi connectivity index (χ4n) is 4.26. The highest BCUT2D eigenvalue weighted by atomic mass is 19.1. The Labute approximate surface area is 168 Å². The number of halogens is 1. The third-order valence-electron chi connectivity index (χ3n) is 5.96. The van der Waals surface area contributed by atoms with E-state index in [1.165, 1.54) is 18.2 Å². The average molecular weight is 400 g/mol. The number of amides is 1. The minimum absolute atomic E-state index is 0.0409. The first-order valence-corrected chi connectivity index (χ1v) is 9.81. The monoisotopic (exact) mass is 400 g/mol. The molecule has 2 aliphatic heterocycles. The molecule has 8 heteroatoms. The lowest BCUT2D eigenvalue weighted by molar-refractivity contribution is -0.176. The van der Waals surface area contributed by atoms with Gasteiger partial charge in [-0.25, -0.2) is 9.37 Å². The number of nitrogens with zero attached hydrogens (tertiary/aromatic N) is 3. The van der Waals surface area contributed by atoms with Crippen LogP contribution in [0.3, 0.4) is 0 Å². The highest BCUT2D eigenvalue weighted by molar-refractivity contribution is 5.94. The van der Waals surface area contributed by atoms with E-state index in [-0.39, 0.29) is 12.2 Å². The quantitative estimate of drug-likeness (QED) is 0.819. The Morgan fingerprint density at radius 3 is 2.72 bits per heavy atom. The molecule has 154 valence electrons. The predicted octanol–water partition coefficient (Wildman–Crippen LogP) is 1.92. The molecule has 2 atom stereocenters. The second-order valence-corrected chi connectivity index (χ2v) is 8.08. The fraction of sp³-hybridized carbons (Fsp3) is 0.476. The van der Waals surface area contributed by atoms with Gasteiger partial charge in [0.25, 0.3) is 5.91 Å². The number of rotatable bonds is 3. The number of carbonyl (C=O) groups excluding carboxylic acids is 1. The lowest BCUT2D eigenvalue weighted by Gasteiger charge is -2.51. The van der Waals surface area contributed by atoms with Crippen LogP contribution in [-0.4, -0.2) is 57.9 Å². The maximum Gasteiger partial charge on any atom is 0.254 e. The van der Waals surface area contributed by atoms with Gasteiger partial charge in [0.1, 0.15) is 11.6 Å². The number of nitrogens with one attached hydrogen (secondary N) is 1. The molecule has 0 saturated carbocycles. The topological polar surface area (TPSA) is 87.6 Å². The summed E-state index contributed by atoms with van der Waals surface area (Å²) in [6.45, 7) is 3.39. The van der Waals surface area contributed by atoms with Gasteiger partial charge in [0, 0.05) is 31.9 Å². The van der Waals surface area contributed by atoms with Crippen LogP contribution >= 0.6 is 0 Å². The molecule has 2 N–H and O–H groups in total. The lowest BCUT2D eigenvalue weighted by Crippen LogP contribution is -2.64. The largest absolute Gasteiger partial charge is 0.388 e. The van der Waals surface area contributed by atoms with E-state index in [0.717, 1.165) is 31.7 Å². The number of aromatic nitrogens is 2. The molecule has 2 aliphatic rings. The summed E-state index contributed by atoms with van der Waals surface area (Å²) >= 11 is 0. The Balaban J connectivity index is 1.39. The molecule has 1 aromatic heterocycles. The minimum Gasteiger partial charge on any atom is -0.388 e. The van der Waals surface area contributed by atoms with Crippen molar-refractivity contribution in [1.82, 2.24) is 15.3 Å². The van der Waals surface area contributed by atoms with E-state index in [2.05, 4.69) is 20.2 Å². The molecule has 2 fully saturated rings. The first-order valence-electron chi connectivity index (χ1n) is 9.81. The molecule has 0 aliphatic carbocycles. The summed E-state index contributed by atoms with van der Waals surface area (Å²) in [5.74, 6) is -0.306. The maximum absolute atomic E-state index is 13.9. The maximum atomic E-state index is 13.9. The second kappa shape index (κ2) is 7.68. The molecule has 0 bridgehead atoms. The molecule has 1 aromatic carbocycles. The van der Waals surface area contributed by atoms with Gasteiger partial charge in [-0.2, -0.15) is 0 Å². The van der Waals surface area contributed by atoms with E-state index in [1.807, 2.05) is 0 Å². The zero-order valence-electron chi connectivity index (χ0n) is 16.3. The summed E-state index contributed by atoms with van der Waals surface area (Å²) in [6, 6.07) is 5.19. The summed E-state index contributed by atoms with van der Waals surface area (Å²) in [5, 5.41) is 13.8. The van der Waals surface area contributed by atoms with Gasteiger partial charge >= 0.3 is 0 Å². The van der Waals surface area contributed by atoms with Gasteiger partial charge in [0.15, 0.2) is 0 Å². The second-order valence-electron chi connectivity index (χ2n) is 8.08. The summed E-state index contributed by atoms with van der Waals surface area (Å²) in [6.07, 6.45) is 6.94. The molecule has 29 heavy (non-hydrogen) atoms. The number of aliphatic hydroxyl groups is 1. The SMILES string of the molecule is C[C@]1(O)CC2(CCN(c3cnccn3)CC2)OC[C@@H]1NC(=O)c1ccccc1F. The van der Waals surface area contributed by atoms with Gasteiger partial charge in [-0.1, -0.05) is 12.1 Å². The molecular weight excluding hydrogens is 375 g/mol. The van der Waals surface area contributed by atoms with Gasteiger partial charge in [-0.3, -0.25) is 9.78 Å². The van der Waals surface area contributed by atoms with Gasteiger partial charge in [-0.05, 0) is 31.9 Å². The lowest BCUT2D eigenvalue weighted by atomic mass is 9.75. The van der Waals surface area contributed by atoms with Crippen molar-refractivity contribution < 1.29 is 19.0 Å². The van der Waals surface area contributed by atoms with Crippen molar-refractivity contribution in [3.05, 3.63) is 54.2 Å². The van der Waals surface area contributed by atoms with E-state index in [0.29, 0.717) is 6.42 Å². The molecule has 1 amide bonds. The van der Waals surface area contributed by atoms with Crippen LogP contribution in [0.25, 0.3) is 0 Å². The Bertz CT molecular complexity index is 869. The van der Waals surface area contributed by atoms with Crippen molar-refractivity contribution >= 4 is 11.7 Å². The number of anilines is 1. The van der Waals surface area contributed by atoms with Crippen LogP contribution in [0.1, 0.15) is 36.5 Å². The summed E-state index contributed by atoms with van der Waals surface area (Å²) < 4.78 is 20.1. The van der Waals surface area contributed by atoms with Crippen LogP contribution in [0.2, 0.25) is 0 Å². The average Bonchev–Trinajstić information content (AvgIpc) is 2.71. The summed E-state index contributed by atoms with van der Waals surface area (Å²) in [4.78, 5) is 23.1. The van der Waals surface area contributed by atoms with Crippen LogP contribution in [-0.2, 0) is 4.74 Å². The number of piperidine rings is 1. The van der Waals surface area contributed by atoms with E-state index in [4.69, 9.17) is 4.74 Å². The highest BCUT2D eigenvalue weighted by Crippen LogP contribution is 2.40. The van der Waals surface area contributed by atoms with E-state index < -0.39 is 29.0 Å². The fourth-order valence-corrected chi connectivity index (χ4v) is 4.26. The van der Waals surface area contributed by atoms with Gasteiger partial charge in [0.2, 0.25) is 0 Å². The zero-order chi connectivity index (χ0) is 20.5. The van der Waals surface area contributed by atoms with Crippen LogP contribution in [0.15, 0.2) is 42.9 Å². The highest BCUT2D eigenvalue weighted by Gasteiger charge is 2.49. The molecule has 2 aromatic rings. The van der Waals surface area contributed by atoms with Crippen molar-refractivity contribution in [1.29, 1.82) is 0 Å². The van der Waals surface area contributed by atoms with Crippen molar-refractivity contribution in [2.24, 2.45) is 0 Å². The van der Waals surface area contributed by atoms with E-state index in [9.17, 15) is 14.3 Å². The Morgan fingerprint density at radius 1 is 1.31 bits per heavy atom. The van der Waals surface area contributed by atoms with Crippen molar-refractivity contribution in [3.63, 3.8) is 0 Å².